The van der Waals surface area contributed by atoms with E-state index in [1.807, 2.05) is 12.1 Å². The minimum Gasteiger partial charge on any atom is -0.497 e. The van der Waals surface area contributed by atoms with Gasteiger partial charge in [-0.15, -0.1) is 0 Å². The van der Waals surface area contributed by atoms with Gasteiger partial charge in [0.1, 0.15) is 17.4 Å². The highest BCUT2D eigenvalue weighted by atomic mass is 19.1. The van der Waals surface area contributed by atoms with E-state index in [1.54, 1.807) is 19.2 Å². The van der Waals surface area contributed by atoms with Crippen molar-refractivity contribution >= 4 is 11.6 Å². The molecule has 0 bridgehead atoms. The second-order valence-corrected chi connectivity index (χ2v) is 5.41. The van der Waals surface area contributed by atoms with Crippen molar-refractivity contribution in [1.82, 2.24) is 0 Å². The number of aliphatic imine (C=N–C) groups is 1. The molecule has 1 saturated carbocycles. The van der Waals surface area contributed by atoms with Crippen LogP contribution in [0.2, 0.25) is 0 Å². The predicted molar refractivity (Wildman–Crippen MR) is 85.7 cm³/mol. The molecule has 1 fully saturated rings. The van der Waals surface area contributed by atoms with Crippen LogP contribution >= 0.6 is 0 Å². The average molecular weight is 317 g/mol. The van der Waals surface area contributed by atoms with Gasteiger partial charge in [0, 0.05) is 17.2 Å². The molecule has 0 heterocycles. The van der Waals surface area contributed by atoms with E-state index in [1.165, 1.54) is 18.2 Å². The van der Waals surface area contributed by atoms with Crippen LogP contribution < -0.4 is 15.8 Å². The smallest absolute Gasteiger partial charge is 0.193 e. The quantitative estimate of drug-likeness (QED) is 0.672. The van der Waals surface area contributed by atoms with Crippen LogP contribution in [0.1, 0.15) is 17.9 Å². The lowest BCUT2D eigenvalue weighted by atomic mass is 10.1. The zero-order chi connectivity index (χ0) is 16.4. The molecule has 3 N–H and O–H groups in total. The Balaban J connectivity index is 1.66. The Morgan fingerprint density at radius 2 is 1.83 bits per heavy atom. The van der Waals surface area contributed by atoms with Crippen LogP contribution in [0.25, 0.3) is 0 Å². The molecular formula is C17H17F2N3O. The SMILES string of the molecule is COc1ccc(NC(N)=NC2CC2c2c(F)cccc2F)cc1. The van der Waals surface area contributed by atoms with Crippen molar-refractivity contribution in [2.75, 3.05) is 12.4 Å². The lowest BCUT2D eigenvalue weighted by Crippen LogP contribution is -2.23. The Morgan fingerprint density at radius 1 is 1.17 bits per heavy atom. The van der Waals surface area contributed by atoms with Gasteiger partial charge < -0.3 is 15.8 Å². The number of nitrogens with two attached hydrogens (primary N) is 1. The Kier molecular flexibility index (Phi) is 4.14. The number of nitrogens with one attached hydrogen (secondary N) is 1. The summed E-state index contributed by atoms with van der Waals surface area (Å²) in [6.45, 7) is 0. The van der Waals surface area contributed by atoms with E-state index in [9.17, 15) is 8.78 Å². The molecule has 3 rings (SSSR count). The van der Waals surface area contributed by atoms with Gasteiger partial charge in [0.2, 0.25) is 0 Å². The third-order valence-corrected chi connectivity index (χ3v) is 3.79. The molecule has 23 heavy (non-hydrogen) atoms. The predicted octanol–water partition coefficient (Wildman–Crippen LogP) is 3.26. The van der Waals surface area contributed by atoms with Crippen molar-refractivity contribution in [2.24, 2.45) is 10.7 Å². The van der Waals surface area contributed by atoms with Crippen molar-refractivity contribution in [3.05, 3.63) is 59.7 Å². The zero-order valence-electron chi connectivity index (χ0n) is 12.6. The normalized spacial score (nSPS) is 20.2. The van der Waals surface area contributed by atoms with E-state index in [4.69, 9.17) is 10.5 Å². The average Bonchev–Trinajstić information content (AvgIpc) is 3.26. The Bertz CT molecular complexity index is 711. The van der Waals surface area contributed by atoms with Crippen molar-refractivity contribution < 1.29 is 13.5 Å². The lowest BCUT2D eigenvalue weighted by molar-refractivity contribution is 0.415. The maximum Gasteiger partial charge on any atom is 0.193 e. The number of benzene rings is 2. The molecule has 0 aromatic heterocycles. The fourth-order valence-electron chi connectivity index (χ4n) is 2.53. The van der Waals surface area contributed by atoms with Crippen LogP contribution in [-0.2, 0) is 0 Å². The number of methoxy groups -OCH3 is 1. The summed E-state index contributed by atoms with van der Waals surface area (Å²) in [5.41, 5.74) is 6.71. The van der Waals surface area contributed by atoms with E-state index < -0.39 is 11.6 Å². The standard InChI is InChI=1S/C17H17F2N3O/c1-23-11-7-5-10(6-8-11)21-17(20)22-15-9-12(15)16-13(18)3-2-4-14(16)19/h2-8,12,15H,9H2,1H3,(H3,20,21,22). The molecule has 1 aliphatic carbocycles. The monoisotopic (exact) mass is 317 g/mol. The van der Waals surface area contributed by atoms with Crippen LogP contribution in [0.4, 0.5) is 14.5 Å². The molecule has 0 spiro atoms. The minimum absolute atomic E-state index is 0.0958. The molecule has 2 aromatic carbocycles. The first-order chi connectivity index (χ1) is 11.1. The molecule has 120 valence electrons. The topological polar surface area (TPSA) is 59.6 Å². The van der Waals surface area contributed by atoms with Gasteiger partial charge in [0.05, 0.1) is 13.2 Å². The second kappa shape index (κ2) is 6.24. The number of anilines is 1. The first kappa shape index (κ1) is 15.3. The van der Waals surface area contributed by atoms with Crippen LogP contribution in [0.15, 0.2) is 47.5 Å². The highest BCUT2D eigenvalue weighted by Crippen LogP contribution is 2.45. The number of guanidine groups is 1. The van der Waals surface area contributed by atoms with Gasteiger partial charge in [-0.25, -0.2) is 13.8 Å². The number of ether oxygens (including phenoxy) is 1. The summed E-state index contributed by atoms with van der Waals surface area (Å²) in [4.78, 5) is 4.29. The summed E-state index contributed by atoms with van der Waals surface area (Å²) in [6.07, 6.45) is 0.586. The lowest BCUT2D eigenvalue weighted by Gasteiger charge is -2.07. The molecular weight excluding hydrogens is 300 g/mol. The van der Waals surface area contributed by atoms with Crippen molar-refractivity contribution in [2.45, 2.75) is 18.4 Å². The maximum atomic E-state index is 13.7. The Hall–Kier alpha value is -2.63. The zero-order valence-corrected chi connectivity index (χ0v) is 12.6. The van der Waals surface area contributed by atoms with Gasteiger partial charge in [-0.3, -0.25) is 0 Å². The van der Waals surface area contributed by atoms with Gasteiger partial charge in [0.25, 0.3) is 0 Å². The molecule has 4 nitrogen and oxygen atoms in total. The fraction of sp³-hybridized carbons (Fsp3) is 0.235. The summed E-state index contributed by atoms with van der Waals surface area (Å²) in [6, 6.07) is 10.9. The molecule has 2 unspecified atom stereocenters. The molecule has 0 saturated heterocycles. The molecule has 6 heteroatoms. The summed E-state index contributed by atoms with van der Waals surface area (Å²) < 4.78 is 32.5. The van der Waals surface area contributed by atoms with Crippen LogP contribution in [-0.4, -0.2) is 19.1 Å². The fourth-order valence-corrected chi connectivity index (χ4v) is 2.53. The van der Waals surface area contributed by atoms with E-state index in [0.29, 0.717) is 6.42 Å². The number of nitrogens with zero attached hydrogens (tertiary/aromatic N) is 1. The first-order valence-electron chi connectivity index (χ1n) is 7.26. The molecule has 0 radical (unpaired) electrons. The van der Waals surface area contributed by atoms with Gasteiger partial charge >= 0.3 is 0 Å². The number of rotatable bonds is 4. The number of hydrogen-bond donors (Lipinski definition) is 2. The minimum atomic E-state index is -0.533. The molecule has 0 aliphatic heterocycles. The van der Waals surface area contributed by atoms with E-state index >= 15 is 0 Å². The van der Waals surface area contributed by atoms with Gasteiger partial charge in [0.15, 0.2) is 5.96 Å². The molecule has 2 atom stereocenters. The van der Waals surface area contributed by atoms with Crippen LogP contribution in [0, 0.1) is 11.6 Å². The number of halogens is 2. The molecule has 1 aliphatic rings. The van der Waals surface area contributed by atoms with Crippen molar-refractivity contribution in [3.63, 3.8) is 0 Å². The summed E-state index contributed by atoms with van der Waals surface area (Å²) >= 11 is 0. The van der Waals surface area contributed by atoms with Gasteiger partial charge in [-0.05, 0) is 42.8 Å². The highest BCUT2D eigenvalue weighted by Gasteiger charge is 2.42. The third-order valence-electron chi connectivity index (χ3n) is 3.79. The summed E-state index contributed by atoms with van der Waals surface area (Å²) in [7, 11) is 1.59. The Labute approximate surface area is 133 Å². The summed E-state index contributed by atoms with van der Waals surface area (Å²) in [5, 5.41) is 2.95. The van der Waals surface area contributed by atoms with Gasteiger partial charge in [-0.1, -0.05) is 6.07 Å². The van der Waals surface area contributed by atoms with E-state index in [0.717, 1.165) is 11.4 Å². The first-order valence-corrected chi connectivity index (χ1v) is 7.26. The summed E-state index contributed by atoms with van der Waals surface area (Å²) in [5.74, 6) is -0.362. The molecule has 0 amide bonds. The van der Waals surface area contributed by atoms with Crippen molar-refractivity contribution in [3.8, 4) is 5.75 Å². The van der Waals surface area contributed by atoms with Gasteiger partial charge in [-0.2, -0.15) is 0 Å². The van der Waals surface area contributed by atoms with Crippen molar-refractivity contribution in [1.29, 1.82) is 0 Å². The number of hydrogen-bond acceptors (Lipinski definition) is 2. The Morgan fingerprint density at radius 3 is 2.43 bits per heavy atom. The molecule has 2 aromatic rings. The highest BCUT2D eigenvalue weighted by molar-refractivity contribution is 5.92. The third kappa shape index (κ3) is 3.41. The van der Waals surface area contributed by atoms with Crippen LogP contribution in [0.3, 0.4) is 0 Å². The second-order valence-electron chi connectivity index (χ2n) is 5.41. The largest absolute Gasteiger partial charge is 0.497 e. The van der Waals surface area contributed by atoms with Crippen LogP contribution in [0.5, 0.6) is 5.75 Å². The maximum absolute atomic E-state index is 13.7. The van der Waals surface area contributed by atoms with E-state index in [2.05, 4.69) is 10.3 Å². The van der Waals surface area contributed by atoms with E-state index in [-0.39, 0.29) is 23.5 Å².